The summed E-state index contributed by atoms with van der Waals surface area (Å²) in [5.74, 6) is 1.63. The van der Waals surface area contributed by atoms with Crippen LogP contribution in [0.15, 0.2) is 71.8 Å². The first-order valence-corrected chi connectivity index (χ1v) is 11.1. The van der Waals surface area contributed by atoms with Gasteiger partial charge in [-0.25, -0.2) is 0 Å². The number of nitrogens with one attached hydrogen (secondary N) is 1. The molecule has 0 bridgehead atoms. The monoisotopic (exact) mass is 417 g/mol. The number of allylic oxidation sites excluding steroid dienone is 2. The number of hydrogen-bond donors (Lipinski definition) is 1. The molecular weight excluding hydrogens is 390 g/mol. The zero-order valence-electron chi connectivity index (χ0n) is 18.0. The molecule has 30 heavy (non-hydrogen) atoms. The molecule has 2 aromatic carbocycles. The largest absolute Gasteiger partial charge is 0.496 e. The van der Waals surface area contributed by atoms with Crippen molar-refractivity contribution in [3.63, 3.8) is 0 Å². The molecule has 3 unspecified atom stereocenters. The van der Waals surface area contributed by atoms with E-state index in [2.05, 4.69) is 74.6 Å². The molecular formula is C27H28ClNO. The summed E-state index contributed by atoms with van der Waals surface area (Å²) in [6, 6.07) is 15.1. The van der Waals surface area contributed by atoms with Crippen molar-refractivity contribution < 1.29 is 4.74 Å². The van der Waals surface area contributed by atoms with Gasteiger partial charge in [0, 0.05) is 34.0 Å². The molecule has 2 aliphatic carbocycles. The van der Waals surface area contributed by atoms with Crippen molar-refractivity contribution in [2.24, 2.45) is 5.92 Å². The van der Waals surface area contributed by atoms with Gasteiger partial charge in [0.25, 0.3) is 0 Å². The molecule has 0 aromatic heterocycles. The van der Waals surface area contributed by atoms with Gasteiger partial charge in [0.15, 0.2) is 0 Å². The Morgan fingerprint density at radius 3 is 2.60 bits per heavy atom. The topological polar surface area (TPSA) is 21.3 Å². The van der Waals surface area contributed by atoms with Crippen molar-refractivity contribution >= 4 is 17.2 Å². The van der Waals surface area contributed by atoms with Gasteiger partial charge in [-0.05, 0) is 67.7 Å². The normalized spacial score (nSPS) is 26.4. The first-order chi connectivity index (χ1) is 14.4. The van der Waals surface area contributed by atoms with Gasteiger partial charge in [-0.2, -0.15) is 0 Å². The van der Waals surface area contributed by atoms with Gasteiger partial charge < -0.3 is 10.1 Å². The molecule has 3 heteroatoms. The Labute approximate surface area is 184 Å². The molecule has 154 valence electrons. The summed E-state index contributed by atoms with van der Waals surface area (Å²) >= 11 is 6.22. The van der Waals surface area contributed by atoms with E-state index in [4.69, 9.17) is 16.3 Å². The van der Waals surface area contributed by atoms with Crippen LogP contribution < -0.4 is 10.1 Å². The zero-order chi connectivity index (χ0) is 21.0. The van der Waals surface area contributed by atoms with Gasteiger partial charge in [0.2, 0.25) is 0 Å². The van der Waals surface area contributed by atoms with Crippen LogP contribution in [0.25, 0.3) is 5.57 Å². The Hall–Kier alpha value is -2.29. The lowest BCUT2D eigenvalue weighted by molar-refractivity contribution is 0.350. The van der Waals surface area contributed by atoms with Crippen LogP contribution in [0.1, 0.15) is 43.4 Å². The summed E-state index contributed by atoms with van der Waals surface area (Å²) in [6.45, 7) is 6.79. The second-order valence-corrected chi connectivity index (χ2v) is 9.73. The van der Waals surface area contributed by atoms with Crippen molar-refractivity contribution in [1.82, 2.24) is 5.32 Å². The third kappa shape index (κ3) is 3.14. The maximum atomic E-state index is 6.22. The number of hydrogen-bond acceptors (Lipinski definition) is 2. The van der Waals surface area contributed by atoms with E-state index in [9.17, 15) is 0 Å². The van der Waals surface area contributed by atoms with Gasteiger partial charge in [-0.1, -0.05) is 59.7 Å². The molecule has 0 fully saturated rings. The smallest absolute Gasteiger partial charge is 0.126 e. The summed E-state index contributed by atoms with van der Waals surface area (Å²) in [5, 5.41) is 4.62. The van der Waals surface area contributed by atoms with Gasteiger partial charge in [0.05, 0.1) is 7.11 Å². The minimum absolute atomic E-state index is 0.00626. The number of rotatable bonds is 2. The molecule has 0 spiro atoms. The van der Waals surface area contributed by atoms with Crippen molar-refractivity contribution in [2.45, 2.75) is 44.7 Å². The highest BCUT2D eigenvalue weighted by Crippen LogP contribution is 2.52. The predicted molar refractivity (Wildman–Crippen MR) is 125 cm³/mol. The fourth-order valence-electron chi connectivity index (χ4n) is 5.74. The molecule has 0 saturated carbocycles. The molecule has 2 aromatic rings. The highest BCUT2D eigenvalue weighted by Gasteiger charge is 2.42. The van der Waals surface area contributed by atoms with Gasteiger partial charge in [-0.3, -0.25) is 0 Å². The Balaban J connectivity index is 1.75. The first kappa shape index (κ1) is 19.7. The summed E-state index contributed by atoms with van der Waals surface area (Å²) in [7, 11) is 1.77. The Kier molecular flexibility index (Phi) is 4.68. The number of ether oxygens (including phenoxy) is 1. The lowest BCUT2D eigenvalue weighted by Crippen LogP contribution is -2.53. The molecule has 1 aliphatic heterocycles. The zero-order valence-corrected chi connectivity index (χ0v) is 18.8. The fourth-order valence-corrected chi connectivity index (χ4v) is 5.86. The molecule has 1 N–H and O–H groups in total. The van der Waals surface area contributed by atoms with Crippen molar-refractivity contribution in [2.75, 3.05) is 7.11 Å². The van der Waals surface area contributed by atoms with Crippen molar-refractivity contribution in [1.29, 1.82) is 0 Å². The third-order valence-electron chi connectivity index (χ3n) is 6.77. The van der Waals surface area contributed by atoms with Crippen LogP contribution >= 0.6 is 11.6 Å². The Morgan fingerprint density at radius 2 is 1.87 bits per heavy atom. The van der Waals surface area contributed by atoms with Gasteiger partial charge in [0.1, 0.15) is 5.75 Å². The molecule has 3 aliphatic rings. The maximum absolute atomic E-state index is 6.22. The summed E-state index contributed by atoms with van der Waals surface area (Å²) in [6.07, 6.45) is 8.04. The Bertz CT molecular complexity index is 1090. The number of fused-ring (bicyclic) bond motifs is 4. The molecule has 0 amide bonds. The maximum Gasteiger partial charge on any atom is 0.126 e. The van der Waals surface area contributed by atoms with E-state index in [0.29, 0.717) is 17.9 Å². The van der Waals surface area contributed by atoms with E-state index in [1.165, 1.54) is 33.4 Å². The minimum Gasteiger partial charge on any atom is -0.496 e. The van der Waals surface area contributed by atoms with Crippen LogP contribution in [-0.4, -0.2) is 18.7 Å². The van der Waals surface area contributed by atoms with Crippen LogP contribution in [0, 0.1) is 5.92 Å². The van der Waals surface area contributed by atoms with Crippen LogP contribution in [-0.2, 0) is 6.42 Å². The van der Waals surface area contributed by atoms with E-state index >= 15 is 0 Å². The third-order valence-corrected chi connectivity index (χ3v) is 7.02. The van der Waals surface area contributed by atoms with Crippen LogP contribution in [0.4, 0.5) is 0 Å². The van der Waals surface area contributed by atoms with E-state index in [0.717, 1.165) is 17.2 Å². The second-order valence-electron chi connectivity index (χ2n) is 9.29. The van der Waals surface area contributed by atoms with E-state index < -0.39 is 0 Å². The molecule has 0 saturated heterocycles. The Morgan fingerprint density at radius 1 is 1.10 bits per heavy atom. The highest BCUT2D eigenvalue weighted by atomic mass is 35.5. The van der Waals surface area contributed by atoms with Gasteiger partial charge in [-0.15, -0.1) is 0 Å². The van der Waals surface area contributed by atoms with E-state index in [-0.39, 0.29) is 5.54 Å². The average Bonchev–Trinajstić information content (AvgIpc) is 2.71. The highest BCUT2D eigenvalue weighted by molar-refractivity contribution is 6.30. The molecule has 0 radical (unpaired) electrons. The van der Waals surface area contributed by atoms with E-state index in [1.54, 1.807) is 7.11 Å². The number of methoxy groups -OCH3 is 1. The predicted octanol–water partition coefficient (Wildman–Crippen LogP) is 6.32. The standard InChI is InChI=1S/C27H28ClNO/c1-16-15-27(2,3)29-22-13-12-20-25-18(6-5-7-23(25)30-4)14-21(26(20)24(16)22)17-8-10-19(28)11-9-17/h5-13,15,21-22,24,29H,14H2,1-4H3. The van der Waals surface area contributed by atoms with Crippen LogP contribution in [0.5, 0.6) is 5.75 Å². The molecule has 3 atom stereocenters. The first-order valence-electron chi connectivity index (χ1n) is 10.7. The number of benzene rings is 2. The lowest BCUT2D eigenvalue weighted by Gasteiger charge is -2.46. The van der Waals surface area contributed by atoms with Crippen LogP contribution in [0.2, 0.25) is 5.02 Å². The average molecular weight is 418 g/mol. The minimum atomic E-state index is -0.00626. The lowest BCUT2D eigenvalue weighted by atomic mass is 9.64. The van der Waals surface area contributed by atoms with Gasteiger partial charge >= 0.3 is 0 Å². The molecule has 1 heterocycles. The second kappa shape index (κ2) is 7.14. The number of halogens is 1. The summed E-state index contributed by atoms with van der Waals surface area (Å²) in [5.41, 5.74) is 8.19. The fraction of sp³-hybridized carbons (Fsp3) is 0.333. The van der Waals surface area contributed by atoms with E-state index in [1.807, 2.05) is 12.1 Å². The summed E-state index contributed by atoms with van der Waals surface area (Å²) < 4.78 is 5.80. The SMILES string of the molecule is COc1cccc2c1C1=C(C(c3ccc(Cl)cc3)C2)C2C(C)=CC(C)(C)NC2C=C1. The van der Waals surface area contributed by atoms with Crippen LogP contribution in [0.3, 0.4) is 0 Å². The summed E-state index contributed by atoms with van der Waals surface area (Å²) in [4.78, 5) is 0. The van der Waals surface area contributed by atoms with Crippen molar-refractivity contribution in [3.8, 4) is 5.75 Å². The van der Waals surface area contributed by atoms with Crippen molar-refractivity contribution in [3.05, 3.63) is 93.6 Å². The quantitative estimate of drug-likeness (QED) is 0.577. The molecule has 2 nitrogen and oxygen atoms in total. The molecule has 5 rings (SSSR count).